The largest absolute Gasteiger partial charge is 0.310 e. The van der Waals surface area contributed by atoms with E-state index in [0.717, 1.165) is 43.5 Å². The van der Waals surface area contributed by atoms with Gasteiger partial charge in [0.2, 0.25) is 0 Å². The lowest BCUT2D eigenvalue weighted by molar-refractivity contribution is 0.598. The summed E-state index contributed by atoms with van der Waals surface area (Å²) < 4.78 is 7.38. The van der Waals surface area contributed by atoms with Crippen LogP contribution in [-0.2, 0) is 0 Å². The lowest BCUT2D eigenvalue weighted by Gasteiger charge is -2.17. The highest BCUT2D eigenvalue weighted by molar-refractivity contribution is 6.09. The van der Waals surface area contributed by atoms with Gasteiger partial charge in [0.1, 0.15) is 0 Å². The lowest BCUT2D eigenvalue weighted by atomic mass is 9.89. The molecule has 0 spiro atoms. The highest BCUT2D eigenvalue weighted by Crippen LogP contribution is 2.43. The maximum Gasteiger partial charge on any atom is 0.0541 e. The molecule has 8 aromatic rings. The molecule has 0 bridgehead atoms. The predicted molar refractivity (Wildman–Crippen MR) is 268 cm³/mol. The molecule has 314 valence electrons. The van der Waals surface area contributed by atoms with Crippen molar-refractivity contribution in [2.75, 3.05) is 0 Å². The van der Waals surface area contributed by atoms with Gasteiger partial charge in [-0.15, -0.1) is 0 Å². The molecule has 61 heavy (non-hydrogen) atoms. The third-order valence-corrected chi connectivity index (χ3v) is 12.6. The summed E-state index contributed by atoms with van der Waals surface area (Å²) in [5.41, 5.74) is 13.6. The number of benzene rings is 5. The summed E-state index contributed by atoms with van der Waals surface area (Å²) >= 11 is 0. The Morgan fingerprint density at radius 2 is 1.03 bits per heavy atom. The second-order valence-corrected chi connectivity index (χ2v) is 16.7. The molecule has 0 saturated carbocycles. The molecule has 8 rings (SSSR count). The molecule has 1 N–H and O–H groups in total. The number of nitrogens with one attached hydrogen (secondary N) is 1. The fraction of sp³-hybridized carbons (Fsp3) is 0.316. The van der Waals surface area contributed by atoms with Gasteiger partial charge in [-0.25, -0.2) is 0 Å². The van der Waals surface area contributed by atoms with Crippen LogP contribution in [0.2, 0.25) is 0 Å². The van der Waals surface area contributed by atoms with Crippen LogP contribution in [0.4, 0.5) is 0 Å². The van der Waals surface area contributed by atoms with Crippen molar-refractivity contribution in [2.24, 2.45) is 0 Å². The Kier molecular flexibility index (Phi) is 14.3. The van der Waals surface area contributed by atoms with E-state index in [1.165, 1.54) is 104 Å². The normalized spacial score (nSPS) is 12.9. The number of hydrogen-bond acceptors (Lipinski definition) is 1. The van der Waals surface area contributed by atoms with Gasteiger partial charge in [-0.3, -0.25) is 0 Å². The summed E-state index contributed by atoms with van der Waals surface area (Å²) in [4.78, 5) is 0. The van der Waals surface area contributed by atoms with E-state index in [1.807, 2.05) is 6.08 Å². The van der Waals surface area contributed by atoms with Crippen LogP contribution in [0.25, 0.3) is 72.8 Å². The van der Waals surface area contributed by atoms with E-state index in [4.69, 9.17) is 5.41 Å². The molecule has 0 aliphatic heterocycles. The molecule has 2 unspecified atom stereocenters. The van der Waals surface area contributed by atoms with Crippen LogP contribution in [0.1, 0.15) is 141 Å². The summed E-state index contributed by atoms with van der Waals surface area (Å²) in [5, 5.41) is 13.1. The number of unbranched alkanes of at least 4 members (excludes halogenated alkanes) is 3. The van der Waals surface area contributed by atoms with Crippen molar-refractivity contribution >= 4 is 62.0 Å². The maximum atomic E-state index is 7.93. The Morgan fingerprint density at radius 1 is 0.508 bits per heavy atom. The van der Waals surface area contributed by atoms with Gasteiger partial charge >= 0.3 is 0 Å². The number of rotatable bonds is 16. The molecule has 5 aromatic carbocycles. The van der Waals surface area contributed by atoms with Crippen molar-refractivity contribution in [1.29, 1.82) is 5.41 Å². The zero-order valence-electron chi connectivity index (χ0n) is 37.7. The molecular weight excluding hydrogens is 741 g/mol. The van der Waals surface area contributed by atoms with Gasteiger partial charge in [-0.1, -0.05) is 141 Å². The Morgan fingerprint density at radius 3 is 1.57 bits per heavy atom. The number of nitrogens with zero attached hydrogens (tertiary/aromatic N) is 3. The van der Waals surface area contributed by atoms with Gasteiger partial charge in [0.25, 0.3) is 0 Å². The van der Waals surface area contributed by atoms with Gasteiger partial charge in [0.05, 0.1) is 27.8 Å². The molecule has 3 heterocycles. The molecular formula is C57H66N4. The third-order valence-electron chi connectivity index (χ3n) is 12.6. The Bertz CT molecular complexity index is 2730. The van der Waals surface area contributed by atoms with Gasteiger partial charge in [-0.2, -0.15) is 0 Å². The topological polar surface area (TPSA) is 38.6 Å². The number of para-hydroxylation sites is 3. The molecule has 4 nitrogen and oxygen atoms in total. The van der Waals surface area contributed by atoms with Gasteiger partial charge in [0.15, 0.2) is 0 Å². The molecule has 0 radical (unpaired) electrons. The van der Waals surface area contributed by atoms with E-state index < -0.39 is 0 Å². The fourth-order valence-electron chi connectivity index (χ4n) is 9.74. The Labute approximate surface area is 364 Å². The summed E-state index contributed by atoms with van der Waals surface area (Å²) in [6.45, 7) is 15.9. The zero-order valence-corrected chi connectivity index (χ0v) is 37.7. The third kappa shape index (κ3) is 8.43. The first-order valence-corrected chi connectivity index (χ1v) is 23.2. The summed E-state index contributed by atoms with van der Waals surface area (Å²) in [7, 11) is 0. The minimum absolute atomic E-state index is 0.345. The van der Waals surface area contributed by atoms with E-state index in [1.54, 1.807) is 0 Å². The SMILES string of the molecule is C/C=C\c1c(C(CC)CCC)c2cc(-n3c4ccccc4c4ccccc43)ccc2n1-c1ccc2c(c1)c(C(C)CCCC)c(/C=C\C=N)n2-c1ccccc1.CCCCC. The van der Waals surface area contributed by atoms with E-state index in [2.05, 4.69) is 196 Å². The van der Waals surface area contributed by atoms with Gasteiger partial charge in [0, 0.05) is 50.5 Å². The van der Waals surface area contributed by atoms with Gasteiger partial charge < -0.3 is 19.1 Å². The molecule has 0 aliphatic rings. The highest BCUT2D eigenvalue weighted by Gasteiger charge is 2.26. The highest BCUT2D eigenvalue weighted by atomic mass is 15.0. The Balaban J connectivity index is 0.00000106. The van der Waals surface area contributed by atoms with Crippen LogP contribution in [0.5, 0.6) is 0 Å². The first kappa shape index (κ1) is 43.2. The fourth-order valence-corrected chi connectivity index (χ4v) is 9.74. The van der Waals surface area contributed by atoms with E-state index in [-0.39, 0.29) is 0 Å². The van der Waals surface area contributed by atoms with Crippen LogP contribution in [-0.4, -0.2) is 19.9 Å². The quantitative estimate of drug-likeness (QED) is 0.0945. The van der Waals surface area contributed by atoms with Crippen LogP contribution >= 0.6 is 0 Å². The van der Waals surface area contributed by atoms with E-state index in [9.17, 15) is 0 Å². The van der Waals surface area contributed by atoms with Crippen molar-refractivity contribution in [2.45, 2.75) is 118 Å². The minimum atomic E-state index is 0.345. The smallest absolute Gasteiger partial charge is 0.0541 e. The van der Waals surface area contributed by atoms with Crippen LogP contribution < -0.4 is 0 Å². The monoisotopic (exact) mass is 807 g/mol. The van der Waals surface area contributed by atoms with Crippen LogP contribution in [0, 0.1) is 5.41 Å². The molecule has 2 atom stereocenters. The first-order chi connectivity index (χ1) is 30.0. The van der Waals surface area contributed by atoms with Crippen LogP contribution in [0.3, 0.4) is 0 Å². The molecule has 3 aromatic heterocycles. The summed E-state index contributed by atoms with van der Waals surface area (Å²) in [6, 6.07) is 42.6. The molecule has 0 aliphatic carbocycles. The van der Waals surface area contributed by atoms with Crippen LogP contribution in [0.15, 0.2) is 127 Å². The van der Waals surface area contributed by atoms with Crippen molar-refractivity contribution in [3.8, 4) is 17.1 Å². The molecule has 4 heteroatoms. The number of hydrogen-bond donors (Lipinski definition) is 1. The number of aromatic nitrogens is 3. The van der Waals surface area contributed by atoms with Crippen molar-refractivity contribution in [3.05, 3.63) is 150 Å². The molecule has 0 fully saturated rings. The first-order valence-electron chi connectivity index (χ1n) is 23.2. The second-order valence-electron chi connectivity index (χ2n) is 16.7. The molecule has 0 saturated heterocycles. The average molecular weight is 807 g/mol. The second kappa shape index (κ2) is 20.1. The molecule has 0 amide bonds. The number of fused-ring (bicyclic) bond motifs is 5. The summed E-state index contributed by atoms with van der Waals surface area (Å²) in [5.74, 6) is 0.770. The summed E-state index contributed by atoms with van der Waals surface area (Å²) in [6.07, 6.45) is 20.8. The zero-order chi connectivity index (χ0) is 42.9. The van der Waals surface area contributed by atoms with Gasteiger partial charge in [-0.05, 0) is 128 Å². The Hall–Kier alpha value is -5.87. The van der Waals surface area contributed by atoms with E-state index >= 15 is 0 Å². The lowest BCUT2D eigenvalue weighted by Crippen LogP contribution is -2.02. The van der Waals surface area contributed by atoms with Crippen molar-refractivity contribution < 1.29 is 0 Å². The maximum absolute atomic E-state index is 7.93. The van der Waals surface area contributed by atoms with Crippen molar-refractivity contribution in [1.82, 2.24) is 13.7 Å². The predicted octanol–water partition coefficient (Wildman–Crippen LogP) is 17.2. The van der Waals surface area contributed by atoms with Crippen molar-refractivity contribution in [3.63, 3.8) is 0 Å². The standard InChI is InChI=1S/C52H54N4.C5H12/c1-6-10-21-36(5)51-43-34-40(30-31-47(43)54(50(51)28-18-33-53)38-22-12-11-13-23-38)56-48-32-29-39(35-44(48)52(49(56)20-8-3)37(9-4)19-7-2)55-45-26-16-14-24-41(45)42-25-15-17-27-46(42)55;1-3-5-4-2/h8,11-18,20,22-37,53H,6-7,9-10,19,21H2,1-5H3;3-5H2,1-2H3/b20-8-,28-18-,53-33?;. The number of allylic oxidation sites excluding steroid dienone is 2. The minimum Gasteiger partial charge on any atom is -0.310 e. The average Bonchev–Trinajstić information content (AvgIpc) is 3.92. The van der Waals surface area contributed by atoms with E-state index in [0.29, 0.717) is 11.8 Å².